The van der Waals surface area contributed by atoms with E-state index in [1.807, 2.05) is 30.3 Å². The number of amides is 1. The van der Waals surface area contributed by atoms with Gasteiger partial charge in [0.1, 0.15) is 0 Å². The molecule has 0 unspecified atom stereocenters. The molecule has 0 radical (unpaired) electrons. The smallest absolute Gasteiger partial charge is 0.242 e. The van der Waals surface area contributed by atoms with Gasteiger partial charge in [-0.2, -0.15) is 0 Å². The topological polar surface area (TPSA) is 53.2 Å². The molecule has 0 aliphatic rings. The van der Waals surface area contributed by atoms with Crippen LogP contribution in [0.4, 0.5) is 5.69 Å². The normalized spacial score (nSPS) is 10.2. The van der Waals surface area contributed by atoms with Gasteiger partial charge in [0, 0.05) is 10.7 Å². The Morgan fingerprint density at radius 1 is 1.08 bits per heavy atom. The van der Waals surface area contributed by atoms with E-state index in [2.05, 4.69) is 35.2 Å². The number of aryl methyl sites for hydroxylation is 1. The van der Waals surface area contributed by atoms with Crippen LogP contribution < -0.4 is 16.2 Å². The van der Waals surface area contributed by atoms with Gasteiger partial charge in [-0.25, -0.2) is 0 Å². The number of carbonyl (C=O) groups excluding carboxylic acids is 1. The molecule has 0 heterocycles. The lowest BCUT2D eigenvalue weighted by Gasteiger charge is -2.12. The fourth-order valence-electron chi connectivity index (χ4n) is 2.28. The Hall–Kier alpha value is -2.11. The van der Waals surface area contributed by atoms with Gasteiger partial charge in [-0.1, -0.05) is 55.3 Å². The summed E-state index contributed by atoms with van der Waals surface area (Å²) >= 11 is 11.2. The van der Waals surface area contributed by atoms with Crippen molar-refractivity contribution in [1.29, 1.82) is 0 Å². The molecule has 132 valence electrons. The minimum Gasteiger partial charge on any atom is -0.331 e. The van der Waals surface area contributed by atoms with Crippen LogP contribution in [0.1, 0.15) is 30.9 Å². The van der Waals surface area contributed by atoms with E-state index in [1.54, 1.807) is 6.07 Å². The minimum atomic E-state index is -0.216. The van der Waals surface area contributed by atoms with Gasteiger partial charge in [0.15, 0.2) is 5.11 Å². The maximum Gasteiger partial charge on any atom is 0.242 e. The Bertz CT molecular complexity index is 719. The third-order valence-corrected chi connectivity index (χ3v) is 4.23. The number of rotatable bonds is 6. The van der Waals surface area contributed by atoms with E-state index in [0.29, 0.717) is 10.1 Å². The molecule has 0 aliphatic heterocycles. The first-order valence-electron chi connectivity index (χ1n) is 8.26. The number of hydrogen-bond donors (Lipinski definition) is 3. The van der Waals surface area contributed by atoms with Crippen LogP contribution in [0.5, 0.6) is 0 Å². The van der Waals surface area contributed by atoms with Gasteiger partial charge in [0.2, 0.25) is 5.91 Å². The quantitative estimate of drug-likeness (QED) is 0.522. The summed E-state index contributed by atoms with van der Waals surface area (Å²) in [5, 5.41) is 3.93. The van der Waals surface area contributed by atoms with Crippen LogP contribution in [0.2, 0.25) is 5.02 Å². The summed E-state index contributed by atoms with van der Waals surface area (Å²) in [7, 11) is 0. The van der Waals surface area contributed by atoms with Crippen molar-refractivity contribution in [2.24, 2.45) is 0 Å². The first-order chi connectivity index (χ1) is 12.1. The van der Waals surface area contributed by atoms with Crippen molar-refractivity contribution < 1.29 is 4.79 Å². The molecule has 0 aromatic heterocycles. The van der Waals surface area contributed by atoms with E-state index in [4.69, 9.17) is 23.8 Å². The van der Waals surface area contributed by atoms with Crippen LogP contribution in [0.25, 0.3) is 0 Å². The fraction of sp³-hybridized carbons (Fsp3) is 0.263. The highest BCUT2D eigenvalue weighted by Gasteiger charge is 2.07. The number of nitrogens with one attached hydrogen (secondary N) is 3. The molecule has 6 heteroatoms. The van der Waals surface area contributed by atoms with Crippen LogP contribution in [0, 0.1) is 0 Å². The van der Waals surface area contributed by atoms with E-state index in [9.17, 15) is 4.79 Å². The average Bonchev–Trinajstić information content (AvgIpc) is 2.61. The Balaban J connectivity index is 1.76. The number of benzene rings is 2. The molecule has 0 fully saturated rings. The predicted octanol–water partition coefficient (Wildman–Crippen LogP) is 4.24. The Labute approximate surface area is 158 Å². The van der Waals surface area contributed by atoms with Crippen molar-refractivity contribution in [3.63, 3.8) is 0 Å². The van der Waals surface area contributed by atoms with Gasteiger partial charge in [0.25, 0.3) is 0 Å². The molecule has 1 amide bonds. The second-order valence-corrected chi connectivity index (χ2v) is 6.51. The molecule has 0 spiro atoms. The van der Waals surface area contributed by atoms with E-state index in [1.165, 1.54) is 18.4 Å². The molecule has 0 saturated carbocycles. The summed E-state index contributed by atoms with van der Waals surface area (Å²) in [5.74, 6) is -0.216. The Kier molecular flexibility index (Phi) is 7.70. The maximum atomic E-state index is 11.9. The SMILES string of the molecule is CCCCc1ccc(NC(=S)NNC(=O)Cc2ccccc2Cl)cc1. The van der Waals surface area contributed by atoms with Crippen LogP contribution in [0.15, 0.2) is 48.5 Å². The van der Waals surface area contributed by atoms with Gasteiger partial charge in [-0.05, 0) is 54.4 Å². The first-order valence-corrected chi connectivity index (χ1v) is 9.05. The van der Waals surface area contributed by atoms with E-state index < -0.39 is 0 Å². The van der Waals surface area contributed by atoms with Gasteiger partial charge in [-0.3, -0.25) is 15.6 Å². The van der Waals surface area contributed by atoms with Crippen molar-refractivity contribution in [2.45, 2.75) is 32.6 Å². The molecule has 0 bridgehead atoms. The van der Waals surface area contributed by atoms with Crippen molar-refractivity contribution in [2.75, 3.05) is 5.32 Å². The first kappa shape index (κ1) is 19.2. The second-order valence-electron chi connectivity index (χ2n) is 5.70. The van der Waals surface area contributed by atoms with Crippen molar-refractivity contribution >= 4 is 40.5 Å². The Morgan fingerprint density at radius 2 is 1.80 bits per heavy atom. The van der Waals surface area contributed by atoms with Crippen LogP contribution in [-0.2, 0) is 17.6 Å². The molecule has 0 atom stereocenters. The highest BCUT2D eigenvalue weighted by atomic mass is 35.5. The molecular weight excluding hydrogens is 354 g/mol. The number of hydrogen-bond acceptors (Lipinski definition) is 2. The zero-order valence-electron chi connectivity index (χ0n) is 14.1. The van der Waals surface area contributed by atoms with Gasteiger partial charge < -0.3 is 5.32 Å². The summed E-state index contributed by atoms with van der Waals surface area (Å²) in [6, 6.07) is 15.4. The largest absolute Gasteiger partial charge is 0.331 e. The fourth-order valence-corrected chi connectivity index (χ4v) is 2.65. The van der Waals surface area contributed by atoms with Gasteiger partial charge in [0.05, 0.1) is 6.42 Å². The number of anilines is 1. The molecule has 4 nitrogen and oxygen atoms in total. The lowest BCUT2D eigenvalue weighted by Crippen LogP contribution is -2.44. The average molecular weight is 376 g/mol. The second kappa shape index (κ2) is 10.0. The number of halogens is 1. The number of unbranched alkanes of at least 4 members (excludes halogenated alkanes) is 1. The zero-order valence-corrected chi connectivity index (χ0v) is 15.7. The third kappa shape index (κ3) is 6.72. The van der Waals surface area contributed by atoms with Crippen molar-refractivity contribution in [3.8, 4) is 0 Å². The van der Waals surface area contributed by atoms with Gasteiger partial charge >= 0.3 is 0 Å². The zero-order chi connectivity index (χ0) is 18.1. The lowest BCUT2D eigenvalue weighted by molar-refractivity contribution is -0.120. The summed E-state index contributed by atoms with van der Waals surface area (Å²) < 4.78 is 0. The van der Waals surface area contributed by atoms with E-state index in [-0.39, 0.29) is 12.3 Å². The van der Waals surface area contributed by atoms with Crippen molar-refractivity contribution in [1.82, 2.24) is 10.9 Å². The molecular formula is C19H22ClN3OS. The summed E-state index contributed by atoms with van der Waals surface area (Å²) in [6.07, 6.45) is 3.63. The molecule has 25 heavy (non-hydrogen) atoms. The third-order valence-electron chi connectivity index (χ3n) is 3.66. The minimum absolute atomic E-state index is 0.182. The van der Waals surface area contributed by atoms with Crippen LogP contribution >= 0.6 is 23.8 Å². The standard InChI is InChI=1S/C19H22ClN3OS/c1-2-3-6-14-9-11-16(12-10-14)21-19(25)23-22-18(24)13-15-7-4-5-8-17(15)20/h4-5,7-12H,2-3,6,13H2,1H3,(H,22,24)(H2,21,23,25). The maximum absolute atomic E-state index is 11.9. The molecule has 2 rings (SSSR count). The molecule has 0 saturated heterocycles. The Morgan fingerprint density at radius 3 is 2.48 bits per heavy atom. The highest BCUT2D eigenvalue weighted by molar-refractivity contribution is 7.80. The summed E-state index contributed by atoms with van der Waals surface area (Å²) in [5.41, 5.74) is 8.21. The lowest BCUT2D eigenvalue weighted by atomic mass is 10.1. The monoisotopic (exact) mass is 375 g/mol. The van der Waals surface area contributed by atoms with Crippen LogP contribution in [-0.4, -0.2) is 11.0 Å². The van der Waals surface area contributed by atoms with Crippen LogP contribution in [0.3, 0.4) is 0 Å². The highest BCUT2D eigenvalue weighted by Crippen LogP contribution is 2.15. The molecule has 3 N–H and O–H groups in total. The number of thiocarbonyl (C=S) groups is 1. The molecule has 0 aliphatic carbocycles. The van der Waals surface area contributed by atoms with Gasteiger partial charge in [-0.15, -0.1) is 0 Å². The molecule has 2 aromatic rings. The predicted molar refractivity (Wildman–Crippen MR) is 108 cm³/mol. The number of hydrazine groups is 1. The van der Waals surface area contributed by atoms with E-state index >= 15 is 0 Å². The number of carbonyl (C=O) groups is 1. The summed E-state index contributed by atoms with van der Waals surface area (Å²) in [6.45, 7) is 2.18. The van der Waals surface area contributed by atoms with Crippen molar-refractivity contribution in [3.05, 3.63) is 64.7 Å². The molecule has 2 aromatic carbocycles. The summed E-state index contributed by atoms with van der Waals surface area (Å²) in [4.78, 5) is 11.9. The van der Waals surface area contributed by atoms with E-state index in [0.717, 1.165) is 17.7 Å².